The van der Waals surface area contributed by atoms with Gasteiger partial charge in [0.15, 0.2) is 6.10 Å². The topological polar surface area (TPSA) is 72.8 Å². The molecular weight excluding hydrogens is 885 g/mol. The van der Waals surface area contributed by atoms with Crippen molar-refractivity contribution in [2.75, 3.05) is 13.2 Å². The largest absolute Gasteiger partial charge is 0.462 e. The SMILES string of the molecule is CC/C=C\C/C=C\C/C=C\C/C=C\C/C=C\C/C=C\C/C=C\C/C=C\C/C=C\C/C=C\CCCCC(=O)OC(CO)COC(=O)CCCCCCCCCCC/C=C\C/C=C\C/C=C\C/C=C\C/C=C\CC. The predicted octanol–water partition coefficient (Wildman–Crippen LogP) is 19.5. The molecule has 0 heterocycles. The molecule has 0 saturated carbocycles. The van der Waals surface area contributed by atoms with Crippen LogP contribution in [0.2, 0.25) is 0 Å². The number of hydrogen-bond acceptors (Lipinski definition) is 5. The highest BCUT2D eigenvalue weighted by molar-refractivity contribution is 5.70. The van der Waals surface area contributed by atoms with Crippen molar-refractivity contribution in [3.8, 4) is 0 Å². The predicted molar refractivity (Wildman–Crippen MR) is 315 cm³/mol. The fourth-order valence-corrected chi connectivity index (χ4v) is 7.02. The fourth-order valence-electron chi connectivity index (χ4n) is 7.02. The molecule has 0 aliphatic heterocycles. The average molecular weight is 988 g/mol. The van der Waals surface area contributed by atoms with Gasteiger partial charge in [-0.15, -0.1) is 0 Å². The second-order valence-corrected chi connectivity index (χ2v) is 17.9. The molecule has 0 amide bonds. The minimum absolute atomic E-state index is 0.100. The monoisotopic (exact) mass is 987 g/mol. The van der Waals surface area contributed by atoms with Crippen molar-refractivity contribution >= 4 is 11.9 Å². The van der Waals surface area contributed by atoms with E-state index >= 15 is 0 Å². The number of aliphatic hydroxyl groups is 1. The van der Waals surface area contributed by atoms with Crippen molar-refractivity contribution in [1.29, 1.82) is 0 Å². The molecule has 400 valence electrons. The van der Waals surface area contributed by atoms with Gasteiger partial charge >= 0.3 is 11.9 Å². The summed E-state index contributed by atoms with van der Waals surface area (Å²) in [4.78, 5) is 24.5. The van der Waals surface area contributed by atoms with E-state index in [0.717, 1.165) is 135 Å². The Balaban J connectivity index is 3.70. The van der Waals surface area contributed by atoms with Crippen LogP contribution in [-0.4, -0.2) is 36.4 Å². The molecule has 0 saturated heterocycles. The molecule has 1 atom stereocenters. The van der Waals surface area contributed by atoms with E-state index < -0.39 is 6.10 Å². The Hall–Kier alpha value is -5.00. The van der Waals surface area contributed by atoms with Gasteiger partial charge in [-0.1, -0.05) is 241 Å². The number of rotatable bonds is 49. The second-order valence-electron chi connectivity index (χ2n) is 17.9. The molecule has 0 aromatic rings. The molecule has 0 aromatic heterocycles. The van der Waals surface area contributed by atoms with Crippen LogP contribution in [0.4, 0.5) is 0 Å². The quantitative estimate of drug-likeness (QED) is 0.0374. The summed E-state index contributed by atoms with van der Waals surface area (Å²) < 4.78 is 10.7. The molecule has 0 aliphatic rings. The van der Waals surface area contributed by atoms with Crippen molar-refractivity contribution in [1.82, 2.24) is 0 Å². The fraction of sp³-hybridized carbons (Fsp3) is 0.522. The highest BCUT2D eigenvalue weighted by Gasteiger charge is 2.16. The molecule has 72 heavy (non-hydrogen) atoms. The normalized spacial score (nSPS) is 13.7. The summed E-state index contributed by atoms with van der Waals surface area (Å²) in [5, 5.41) is 9.65. The van der Waals surface area contributed by atoms with Gasteiger partial charge in [0.25, 0.3) is 0 Å². The Labute approximate surface area is 442 Å². The Morgan fingerprint density at radius 1 is 0.319 bits per heavy atom. The highest BCUT2D eigenvalue weighted by Crippen LogP contribution is 2.13. The van der Waals surface area contributed by atoms with E-state index in [0.29, 0.717) is 12.8 Å². The molecule has 5 heteroatoms. The standard InChI is InChI=1S/C67H102O5/c1-3-5-7-9-11-13-15-17-19-21-23-25-27-29-30-31-32-33-34-35-36-38-40-42-44-46-48-50-52-54-56-58-60-62-67(70)72-65(63-68)64-71-66(69)61-59-57-55-53-51-49-47-45-43-41-39-37-28-26-24-22-20-18-16-14-12-10-8-6-4-2/h5-8,11-14,17-20,23-26,29-30,32-33,35-37,39-40,42,46,48,52,54,65,68H,3-4,9-10,15-16,21-22,27-28,31,34,38,41,43-45,47,49-51,53,55-64H2,1-2H3/b7-5-,8-6-,13-11-,14-12-,19-17-,20-18-,25-23-,26-24-,30-29-,33-32-,36-35-,39-37-,42-40-,48-46-,54-52-. The zero-order chi connectivity index (χ0) is 52.0. The van der Waals surface area contributed by atoms with Gasteiger partial charge in [0, 0.05) is 12.8 Å². The first-order chi connectivity index (χ1) is 35.6. The minimum Gasteiger partial charge on any atom is -0.462 e. The molecule has 0 fully saturated rings. The van der Waals surface area contributed by atoms with E-state index in [2.05, 4.69) is 196 Å². The lowest BCUT2D eigenvalue weighted by atomic mass is 10.1. The van der Waals surface area contributed by atoms with Gasteiger partial charge in [-0.3, -0.25) is 9.59 Å². The summed E-state index contributed by atoms with van der Waals surface area (Å²) in [6, 6.07) is 0. The molecule has 1 unspecified atom stereocenters. The van der Waals surface area contributed by atoms with Crippen LogP contribution in [0, 0.1) is 0 Å². The second kappa shape index (κ2) is 60.3. The number of carbonyl (C=O) groups excluding carboxylic acids is 2. The molecule has 0 rings (SSSR count). The summed E-state index contributed by atoms with van der Waals surface area (Å²) >= 11 is 0. The van der Waals surface area contributed by atoms with Crippen LogP contribution < -0.4 is 0 Å². The number of hydrogen-bond donors (Lipinski definition) is 1. The van der Waals surface area contributed by atoms with E-state index in [1.54, 1.807) is 0 Å². The number of ether oxygens (including phenoxy) is 2. The summed E-state index contributed by atoms with van der Waals surface area (Å²) in [6.07, 6.45) is 95.6. The maximum absolute atomic E-state index is 12.3. The lowest BCUT2D eigenvalue weighted by molar-refractivity contribution is -0.161. The van der Waals surface area contributed by atoms with Gasteiger partial charge in [0.05, 0.1) is 6.61 Å². The number of unbranched alkanes of at least 4 members (excludes halogenated alkanes) is 11. The summed E-state index contributed by atoms with van der Waals surface area (Å²) in [5.74, 6) is -0.664. The van der Waals surface area contributed by atoms with Crippen LogP contribution in [0.1, 0.15) is 206 Å². The summed E-state index contributed by atoms with van der Waals surface area (Å²) in [7, 11) is 0. The first-order valence-electron chi connectivity index (χ1n) is 28.3. The maximum atomic E-state index is 12.3. The summed E-state index contributed by atoms with van der Waals surface area (Å²) in [5.41, 5.74) is 0. The third kappa shape index (κ3) is 57.6. The minimum atomic E-state index is -0.814. The van der Waals surface area contributed by atoms with Crippen LogP contribution >= 0.6 is 0 Å². The molecule has 1 N–H and O–H groups in total. The Bertz CT molecular complexity index is 1680. The molecule has 0 spiro atoms. The van der Waals surface area contributed by atoms with Crippen molar-refractivity contribution in [2.24, 2.45) is 0 Å². The van der Waals surface area contributed by atoms with Crippen LogP contribution in [0.5, 0.6) is 0 Å². The van der Waals surface area contributed by atoms with Crippen molar-refractivity contribution in [3.05, 3.63) is 182 Å². The molecule has 5 nitrogen and oxygen atoms in total. The van der Waals surface area contributed by atoms with Crippen molar-refractivity contribution in [2.45, 2.75) is 213 Å². The van der Waals surface area contributed by atoms with E-state index in [4.69, 9.17) is 9.47 Å². The van der Waals surface area contributed by atoms with Crippen molar-refractivity contribution < 1.29 is 24.2 Å². The molecule has 0 bridgehead atoms. The smallest absolute Gasteiger partial charge is 0.306 e. The van der Waals surface area contributed by atoms with Crippen LogP contribution in [0.15, 0.2) is 182 Å². The van der Waals surface area contributed by atoms with Gasteiger partial charge in [-0.2, -0.15) is 0 Å². The lowest BCUT2D eigenvalue weighted by Crippen LogP contribution is -2.28. The van der Waals surface area contributed by atoms with E-state index in [-0.39, 0.29) is 31.6 Å². The first kappa shape index (κ1) is 67.0. The lowest BCUT2D eigenvalue weighted by Gasteiger charge is -2.15. The average Bonchev–Trinajstić information content (AvgIpc) is 3.38. The van der Waals surface area contributed by atoms with E-state index in [1.807, 2.05) is 0 Å². The number of aliphatic hydroxyl groups excluding tert-OH is 1. The van der Waals surface area contributed by atoms with Crippen LogP contribution in [0.3, 0.4) is 0 Å². The highest BCUT2D eigenvalue weighted by atomic mass is 16.6. The molecule has 0 aromatic carbocycles. The molecule has 0 aliphatic carbocycles. The molecular formula is C67H102O5. The van der Waals surface area contributed by atoms with E-state index in [1.165, 1.54) is 38.5 Å². The van der Waals surface area contributed by atoms with Crippen LogP contribution in [0.25, 0.3) is 0 Å². The van der Waals surface area contributed by atoms with Gasteiger partial charge in [0.2, 0.25) is 0 Å². The Morgan fingerprint density at radius 2 is 0.556 bits per heavy atom. The zero-order valence-electron chi connectivity index (χ0n) is 45.6. The summed E-state index contributed by atoms with van der Waals surface area (Å²) in [6.45, 7) is 3.86. The Kier molecular flexibility index (Phi) is 56.1. The maximum Gasteiger partial charge on any atom is 0.306 e. The zero-order valence-corrected chi connectivity index (χ0v) is 45.6. The Morgan fingerprint density at radius 3 is 0.861 bits per heavy atom. The third-order valence-electron chi connectivity index (χ3n) is 11.2. The number of allylic oxidation sites excluding steroid dienone is 30. The third-order valence-corrected chi connectivity index (χ3v) is 11.2. The van der Waals surface area contributed by atoms with E-state index in [9.17, 15) is 14.7 Å². The number of carbonyl (C=O) groups is 2. The number of esters is 2. The van der Waals surface area contributed by atoms with Gasteiger partial charge in [-0.05, 0) is 135 Å². The van der Waals surface area contributed by atoms with Gasteiger partial charge in [0.1, 0.15) is 6.61 Å². The molecule has 0 radical (unpaired) electrons. The van der Waals surface area contributed by atoms with Crippen LogP contribution in [-0.2, 0) is 19.1 Å². The van der Waals surface area contributed by atoms with Gasteiger partial charge in [-0.25, -0.2) is 0 Å². The van der Waals surface area contributed by atoms with Gasteiger partial charge < -0.3 is 14.6 Å². The van der Waals surface area contributed by atoms with Crippen molar-refractivity contribution in [3.63, 3.8) is 0 Å². The first-order valence-corrected chi connectivity index (χ1v) is 28.3.